The zero-order valence-corrected chi connectivity index (χ0v) is 14.3. The largest absolute Gasteiger partial charge is 0.390 e. The minimum absolute atomic E-state index is 0.0414. The zero-order valence-electron chi connectivity index (χ0n) is 14.3. The van der Waals surface area contributed by atoms with E-state index in [0.29, 0.717) is 31.2 Å². The summed E-state index contributed by atoms with van der Waals surface area (Å²) < 4.78 is 5.08. The normalized spacial score (nSPS) is 18.3. The van der Waals surface area contributed by atoms with Crippen LogP contribution in [0.25, 0.3) is 0 Å². The number of ether oxygens (including phenoxy) is 1. The lowest BCUT2D eigenvalue weighted by Gasteiger charge is -2.39. The number of aliphatic hydroxyl groups excluding tert-OH is 1. The summed E-state index contributed by atoms with van der Waals surface area (Å²) in [4.78, 5) is 14.7. The molecule has 2 rings (SSSR count). The Morgan fingerprint density at radius 3 is 2.57 bits per heavy atom. The summed E-state index contributed by atoms with van der Waals surface area (Å²) in [5.41, 5.74) is 1.72. The Morgan fingerprint density at radius 2 is 2.04 bits per heavy atom. The quantitative estimate of drug-likeness (QED) is 0.765. The van der Waals surface area contributed by atoms with E-state index >= 15 is 0 Å². The number of amides is 1. The molecule has 0 aliphatic carbocycles. The highest BCUT2D eigenvalue weighted by Crippen LogP contribution is 2.15. The molecule has 1 saturated heterocycles. The number of hydrogen-bond acceptors (Lipinski definition) is 4. The van der Waals surface area contributed by atoms with Gasteiger partial charge in [0.2, 0.25) is 0 Å². The van der Waals surface area contributed by atoms with Crippen molar-refractivity contribution >= 4 is 5.91 Å². The second kappa shape index (κ2) is 8.43. The average molecular weight is 320 g/mol. The van der Waals surface area contributed by atoms with Gasteiger partial charge in [-0.25, -0.2) is 0 Å². The van der Waals surface area contributed by atoms with Gasteiger partial charge in [-0.05, 0) is 23.6 Å². The average Bonchev–Trinajstić information content (AvgIpc) is 2.52. The standard InChI is InChI=1S/C18H28N2O3/c1-4-13(2)17(11-20-9-16(21)10-20)19-18(22)15-7-5-14(6-8-15)12-23-3/h5-8,13,16-17,21H,4,9-12H2,1-3H3,(H,19,22). The van der Waals surface area contributed by atoms with Crippen LogP contribution < -0.4 is 5.32 Å². The lowest BCUT2D eigenvalue weighted by Crippen LogP contribution is -2.57. The maximum absolute atomic E-state index is 12.5. The van der Waals surface area contributed by atoms with Gasteiger partial charge in [0.15, 0.2) is 0 Å². The van der Waals surface area contributed by atoms with Crippen LogP contribution >= 0.6 is 0 Å². The Labute approximate surface area is 138 Å². The molecule has 128 valence electrons. The van der Waals surface area contributed by atoms with Gasteiger partial charge in [0, 0.05) is 38.3 Å². The van der Waals surface area contributed by atoms with Crippen molar-refractivity contribution in [3.63, 3.8) is 0 Å². The highest BCUT2D eigenvalue weighted by atomic mass is 16.5. The summed E-state index contributed by atoms with van der Waals surface area (Å²) in [5, 5.41) is 12.6. The highest BCUT2D eigenvalue weighted by molar-refractivity contribution is 5.94. The van der Waals surface area contributed by atoms with Crippen molar-refractivity contribution in [3.05, 3.63) is 35.4 Å². The molecular formula is C18H28N2O3. The molecule has 2 atom stereocenters. The van der Waals surface area contributed by atoms with Crippen molar-refractivity contribution in [1.29, 1.82) is 0 Å². The Bertz CT molecular complexity index is 497. The third-order valence-corrected chi connectivity index (χ3v) is 4.57. The number of carbonyl (C=O) groups excluding carboxylic acids is 1. The molecule has 1 aromatic rings. The molecule has 1 amide bonds. The van der Waals surface area contributed by atoms with E-state index in [1.807, 2.05) is 24.3 Å². The second-order valence-electron chi connectivity index (χ2n) is 6.47. The van der Waals surface area contributed by atoms with Crippen molar-refractivity contribution in [1.82, 2.24) is 10.2 Å². The molecule has 1 fully saturated rings. The summed E-state index contributed by atoms with van der Waals surface area (Å²) >= 11 is 0. The molecule has 5 heteroatoms. The van der Waals surface area contributed by atoms with Crippen LogP contribution in [0, 0.1) is 5.92 Å². The van der Waals surface area contributed by atoms with Gasteiger partial charge >= 0.3 is 0 Å². The first-order valence-electron chi connectivity index (χ1n) is 8.32. The van der Waals surface area contributed by atoms with Gasteiger partial charge in [-0.3, -0.25) is 9.69 Å². The first kappa shape index (κ1) is 17.9. The van der Waals surface area contributed by atoms with Gasteiger partial charge in [0.05, 0.1) is 12.7 Å². The fourth-order valence-electron chi connectivity index (χ4n) is 2.79. The predicted octanol–water partition coefficient (Wildman–Crippen LogP) is 1.65. The van der Waals surface area contributed by atoms with Crippen LogP contribution in [-0.4, -0.2) is 54.8 Å². The summed E-state index contributed by atoms with van der Waals surface area (Å²) in [6.07, 6.45) is 0.797. The zero-order chi connectivity index (χ0) is 16.8. The van der Waals surface area contributed by atoms with Gasteiger partial charge in [0.25, 0.3) is 5.91 Å². The summed E-state index contributed by atoms with van der Waals surface area (Å²) in [7, 11) is 1.66. The molecule has 0 spiro atoms. The number of methoxy groups -OCH3 is 1. The molecule has 0 aromatic heterocycles. The van der Waals surface area contributed by atoms with Crippen LogP contribution in [0.4, 0.5) is 0 Å². The van der Waals surface area contributed by atoms with E-state index in [-0.39, 0.29) is 18.1 Å². The number of hydrogen-bond donors (Lipinski definition) is 2. The van der Waals surface area contributed by atoms with Crippen LogP contribution in [-0.2, 0) is 11.3 Å². The topological polar surface area (TPSA) is 61.8 Å². The number of rotatable bonds is 8. The van der Waals surface area contributed by atoms with Crippen LogP contribution in [0.5, 0.6) is 0 Å². The number of β-amino-alcohol motifs (C(OH)–C–C–N with tert-alkyl or cyclic N) is 1. The summed E-state index contributed by atoms with van der Waals surface area (Å²) in [6, 6.07) is 7.61. The van der Waals surface area contributed by atoms with Gasteiger partial charge in [-0.2, -0.15) is 0 Å². The van der Waals surface area contributed by atoms with Gasteiger partial charge in [-0.15, -0.1) is 0 Å². The molecule has 1 aliphatic heterocycles. The first-order chi connectivity index (χ1) is 11.0. The number of aliphatic hydroxyl groups is 1. The van der Waals surface area contributed by atoms with E-state index in [2.05, 4.69) is 24.1 Å². The molecule has 23 heavy (non-hydrogen) atoms. The van der Waals surface area contributed by atoms with Gasteiger partial charge < -0.3 is 15.2 Å². The molecule has 2 N–H and O–H groups in total. The molecular weight excluding hydrogens is 292 g/mol. The third-order valence-electron chi connectivity index (χ3n) is 4.57. The fraction of sp³-hybridized carbons (Fsp3) is 0.611. The first-order valence-corrected chi connectivity index (χ1v) is 8.32. The van der Waals surface area contributed by atoms with Gasteiger partial charge in [-0.1, -0.05) is 32.4 Å². The Morgan fingerprint density at radius 1 is 1.39 bits per heavy atom. The Hall–Kier alpha value is -1.43. The van der Waals surface area contributed by atoms with Crippen molar-refractivity contribution in [3.8, 4) is 0 Å². The number of nitrogens with one attached hydrogen (secondary N) is 1. The third kappa shape index (κ3) is 5.03. The molecule has 1 aromatic carbocycles. The molecule has 2 unspecified atom stereocenters. The molecule has 0 bridgehead atoms. The summed E-state index contributed by atoms with van der Waals surface area (Å²) in [5.74, 6) is 0.352. The smallest absolute Gasteiger partial charge is 0.251 e. The van der Waals surface area contributed by atoms with E-state index in [1.165, 1.54) is 0 Å². The van der Waals surface area contributed by atoms with E-state index in [4.69, 9.17) is 4.74 Å². The lowest BCUT2D eigenvalue weighted by atomic mass is 9.96. The van der Waals surface area contributed by atoms with Crippen LogP contribution in [0.2, 0.25) is 0 Å². The van der Waals surface area contributed by atoms with E-state index in [0.717, 1.165) is 18.5 Å². The Balaban J connectivity index is 1.95. The summed E-state index contributed by atoms with van der Waals surface area (Å²) in [6.45, 7) is 7.04. The van der Waals surface area contributed by atoms with Crippen molar-refractivity contribution in [2.45, 2.75) is 39.0 Å². The minimum Gasteiger partial charge on any atom is -0.390 e. The molecule has 1 aliphatic rings. The van der Waals surface area contributed by atoms with Crippen molar-refractivity contribution < 1.29 is 14.6 Å². The fourth-order valence-corrected chi connectivity index (χ4v) is 2.79. The monoisotopic (exact) mass is 320 g/mol. The molecule has 5 nitrogen and oxygen atoms in total. The van der Waals surface area contributed by atoms with Crippen molar-refractivity contribution in [2.75, 3.05) is 26.7 Å². The number of nitrogens with zero attached hydrogens (tertiary/aromatic N) is 1. The molecule has 1 heterocycles. The maximum Gasteiger partial charge on any atom is 0.251 e. The lowest BCUT2D eigenvalue weighted by molar-refractivity contribution is -0.00596. The van der Waals surface area contributed by atoms with E-state index in [1.54, 1.807) is 7.11 Å². The molecule has 0 saturated carbocycles. The number of benzene rings is 1. The Kier molecular flexibility index (Phi) is 6.57. The van der Waals surface area contributed by atoms with Crippen LogP contribution in [0.15, 0.2) is 24.3 Å². The predicted molar refractivity (Wildman–Crippen MR) is 90.3 cm³/mol. The SMILES string of the molecule is CCC(C)C(CN1CC(O)C1)NC(=O)c1ccc(COC)cc1. The van der Waals surface area contributed by atoms with Crippen LogP contribution in [0.3, 0.4) is 0 Å². The molecule has 0 radical (unpaired) electrons. The second-order valence-corrected chi connectivity index (χ2v) is 6.47. The van der Waals surface area contributed by atoms with E-state index < -0.39 is 0 Å². The van der Waals surface area contributed by atoms with Crippen LogP contribution in [0.1, 0.15) is 36.2 Å². The number of likely N-dealkylation sites (tertiary alicyclic amines) is 1. The number of carbonyl (C=O) groups is 1. The van der Waals surface area contributed by atoms with Gasteiger partial charge in [0.1, 0.15) is 0 Å². The van der Waals surface area contributed by atoms with Crippen molar-refractivity contribution in [2.24, 2.45) is 5.92 Å². The minimum atomic E-state index is -0.211. The highest BCUT2D eigenvalue weighted by Gasteiger charge is 2.29. The van der Waals surface area contributed by atoms with E-state index in [9.17, 15) is 9.90 Å². The maximum atomic E-state index is 12.5.